The highest BCUT2D eigenvalue weighted by Gasteiger charge is 2.48. The first-order chi connectivity index (χ1) is 9.87. The number of H-pyrrole nitrogens is 1. The third-order valence-corrected chi connectivity index (χ3v) is 6.90. The average Bonchev–Trinajstić information content (AvgIpc) is 2.85. The maximum absolute atomic E-state index is 3.54. The van der Waals surface area contributed by atoms with Crippen LogP contribution in [0.4, 0.5) is 0 Å². The SMILES string of the molecule is c1[nH]c2c(c1CC1C3CC4CC(C3)CC1C4)CCNC2. The third-order valence-electron chi connectivity index (χ3n) is 6.90. The minimum absolute atomic E-state index is 1.01. The van der Waals surface area contributed by atoms with Gasteiger partial charge in [0.2, 0.25) is 0 Å². The van der Waals surface area contributed by atoms with Gasteiger partial charge in [-0.2, -0.15) is 0 Å². The van der Waals surface area contributed by atoms with Gasteiger partial charge >= 0.3 is 0 Å². The molecule has 0 atom stereocenters. The molecule has 1 aromatic rings. The molecule has 2 heterocycles. The van der Waals surface area contributed by atoms with Crippen molar-refractivity contribution in [2.75, 3.05) is 6.54 Å². The number of nitrogens with one attached hydrogen (secondary N) is 2. The number of rotatable bonds is 2. The highest BCUT2D eigenvalue weighted by molar-refractivity contribution is 5.33. The van der Waals surface area contributed by atoms with Crippen LogP contribution in [0.3, 0.4) is 0 Å². The summed E-state index contributed by atoms with van der Waals surface area (Å²) in [6.07, 6.45) is 12.8. The van der Waals surface area contributed by atoms with Crippen LogP contribution in [0, 0.1) is 29.6 Å². The maximum atomic E-state index is 3.54. The smallest absolute Gasteiger partial charge is 0.0360 e. The van der Waals surface area contributed by atoms with Crippen LogP contribution in [0.5, 0.6) is 0 Å². The van der Waals surface area contributed by atoms with E-state index in [0.29, 0.717) is 0 Å². The van der Waals surface area contributed by atoms with Crippen LogP contribution in [0.25, 0.3) is 0 Å². The molecule has 2 heteroatoms. The number of aromatic nitrogens is 1. The van der Waals surface area contributed by atoms with E-state index in [2.05, 4.69) is 16.5 Å². The van der Waals surface area contributed by atoms with Gasteiger partial charge in [0.1, 0.15) is 0 Å². The Kier molecular flexibility index (Phi) is 2.59. The predicted molar refractivity (Wildman–Crippen MR) is 80.4 cm³/mol. The minimum Gasteiger partial charge on any atom is -0.363 e. The highest BCUT2D eigenvalue weighted by Crippen LogP contribution is 2.57. The summed E-state index contributed by atoms with van der Waals surface area (Å²) in [6, 6.07) is 0. The van der Waals surface area contributed by atoms with Gasteiger partial charge in [-0.1, -0.05) is 0 Å². The zero-order valence-electron chi connectivity index (χ0n) is 12.3. The summed E-state index contributed by atoms with van der Waals surface area (Å²) in [5.41, 5.74) is 4.80. The van der Waals surface area contributed by atoms with Crippen molar-refractivity contribution < 1.29 is 0 Å². The van der Waals surface area contributed by atoms with E-state index in [-0.39, 0.29) is 0 Å². The maximum Gasteiger partial charge on any atom is 0.0360 e. The van der Waals surface area contributed by atoms with Gasteiger partial charge in [-0.15, -0.1) is 0 Å². The molecule has 0 spiro atoms. The Bertz CT molecular complexity index is 487. The largest absolute Gasteiger partial charge is 0.363 e. The van der Waals surface area contributed by atoms with Crippen molar-refractivity contribution in [1.29, 1.82) is 0 Å². The van der Waals surface area contributed by atoms with Crippen LogP contribution >= 0.6 is 0 Å². The lowest BCUT2D eigenvalue weighted by Gasteiger charge is -2.54. The molecule has 0 saturated heterocycles. The summed E-state index contributed by atoms with van der Waals surface area (Å²) >= 11 is 0. The van der Waals surface area contributed by atoms with Crippen molar-refractivity contribution in [3.63, 3.8) is 0 Å². The Labute approximate surface area is 121 Å². The van der Waals surface area contributed by atoms with Gasteiger partial charge in [-0.3, -0.25) is 0 Å². The summed E-state index contributed by atoms with van der Waals surface area (Å²) in [5.74, 6) is 5.37. The molecule has 1 aromatic heterocycles. The first kappa shape index (κ1) is 11.9. The molecule has 2 N–H and O–H groups in total. The fourth-order valence-corrected chi connectivity index (χ4v) is 6.25. The number of aromatic amines is 1. The molecular formula is C18H26N2. The third kappa shape index (κ3) is 1.73. The number of fused-ring (bicyclic) bond motifs is 1. The zero-order chi connectivity index (χ0) is 13.1. The lowest BCUT2D eigenvalue weighted by Crippen LogP contribution is -2.45. The molecule has 4 fully saturated rings. The molecule has 4 aliphatic carbocycles. The Morgan fingerprint density at radius 2 is 1.75 bits per heavy atom. The van der Waals surface area contributed by atoms with Crippen LogP contribution in [-0.4, -0.2) is 11.5 Å². The molecule has 0 aromatic carbocycles. The van der Waals surface area contributed by atoms with Crippen molar-refractivity contribution >= 4 is 0 Å². The Hall–Kier alpha value is -0.760. The standard InChI is InChI=1S/C18H26N2/c1-2-19-10-18-16(1)15(9-20-18)8-17-13-4-11-3-12(6-13)7-14(17)5-11/h9,11-14,17,19-20H,1-8,10H2. The van der Waals surface area contributed by atoms with E-state index >= 15 is 0 Å². The number of hydrogen-bond donors (Lipinski definition) is 2. The Morgan fingerprint density at radius 3 is 2.50 bits per heavy atom. The summed E-state index contributed by atoms with van der Waals surface area (Å²) in [5, 5.41) is 3.48. The molecule has 4 saturated carbocycles. The van der Waals surface area contributed by atoms with Crippen molar-refractivity contribution in [3.8, 4) is 0 Å². The first-order valence-corrected chi connectivity index (χ1v) is 8.75. The fraction of sp³-hybridized carbons (Fsp3) is 0.778. The molecule has 108 valence electrons. The highest BCUT2D eigenvalue weighted by atomic mass is 14.9. The van der Waals surface area contributed by atoms with Crippen LogP contribution < -0.4 is 5.32 Å². The van der Waals surface area contributed by atoms with Gasteiger partial charge in [0.25, 0.3) is 0 Å². The van der Waals surface area contributed by atoms with E-state index in [1.54, 1.807) is 43.2 Å². The van der Waals surface area contributed by atoms with E-state index < -0.39 is 0 Å². The summed E-state index contributed by atoms with van der Waals surface area (Å²) in [4.78, 5) is 3.54. The molecule has 5 aliphatic rings. The lowest BCUT2D eigenvalue weighted by molar-refractivity contribution is -0.0360. The molecule has 1 aliphatic heterocycles. The van der Waals surface area contributed by atoms with Gasteiger partial charge in [-0.25, -0.2) is 0 Å². The van der Waals surface area contributed by atoms with Crippen LogP contribution in [0.1, 0.15) is 48.9 Å². The molecule has 0 radical (unpaired) electrons. The monoisotopic (exact) mass is 270 g/mol. The topological polar surface area (TPSA) is 27.8 Å². The zero-order valence-corrected chi connectivity index (χ0v) is 12.3. The second-order valence-electron chi connectivity index (χ2n) is 8.00. The molecule has 20 heavy (non-hydrogen) atoms. The van der Waals surface area contributed by atoms with Crippen molar-refractivity contribution in [2.24, 2.45) is 29.6 Å². The first-order valence-electron chi connectivity index (χ1n) is 8.75. The van der Waals surface area contributed by atoms with Gasteiger partial charge in [0, 0.05) is 18.4 Å². The second kappa shape index (κ2) is 4.37. The van der Waals surface area contributed by atoms with Crippen LogP contribution in [0.2, 0.25) is 0 Å². The van der Waals surface area contributed by atoms with E-state index in [4.69, 9.17) is 0 Å². The van der Waals surface area contributed by atoms with Crippen molar-refractivity contribution in [1.82, 2.24) is 10.3 Å². The van der Waals surface area contributed by atoms with Gasteiger partial charge < -0.3 is 10.3 Å². The van der Waals surface area contributed by atoms with Gasteiger partial charge in [0.05, 0.1) is 0 Å². The average molecular weight is 270 g/mol. The number of hydrogen-bond acceptors (Lipinski definition) is 1. The quantitative estimate of drug-likeness (QED) is 0.848. The summed E-state index contributed by atoms with van der Waals surface area (Å²) in [6.45, 7) is 2.22. The Balaban J connectivity index is 1.40. The fourth-order valence-electron chi connectivity index (χ4n) is 6.25. The van der Waals surface area contributed by atoms with Crippen LogP contribution in [-0.2, 0) is 19.4 Å². The minimum atomic E-state index is 1.01. The predicted octanol–water partition coefficient (Wildman–Crippen LogP) is 3.28. The van der Waals surface area contributed by atoms with E-state index in [1.165, 1.54) is 25.1 Å². The van der Waals surface area contributed by atoms with Gasteiger partial charge in [0.15, 0.2) is 0 Å². The van der Waals surface area contributed by atoms with Crippen molar-refractivity contribution in [3.05, 3.63) is 23.0 Å². The second-order valence-corrected chi connectivity index (χ2v) is 8.00. The molecule has 2 nitrogen and oxygen atoms in total. The normalized spacial score (nSPS) is 41.9. The van der Waals surface area contributed by atoms with E-state index in [1.807, 2.05) is 0 Å². The molecule has 0 unspecified atom stereocenters. The Morgan fingerprint density at radius 1 is 1.00 bits per heavy atom. The molecule has 4 bridgehead atoms. The molecule has 0 amide bonds. The molecule has 6 rings (SSSR count). The lowest BCUT2D eigenvalue weighted by atomic mass is 9.51. The summed E-state index contributed by atoms with van der Waals surface area (Å²) < 4.78 is 0. The van der Waals surface area contributed by atoms with E-state index in [9.17, 15) is 0 Å². The van der Waals surface area contributed by atoms with Gasteiger partial charge in [-0.05, 0) is 92.2 Å². The molecular weight excluding hydrogens is 244 g/mol. The van der Waals surface area contributed by atoms with Crippen molar-refractivity contribution in [2.45, 2.75) is 51.5 Å². The summed E-state index contributed by atoms with van der Waals surface area (Å²) in [7, 11) is 0. The van der Waals surface area contributed by atoms with Crippen LogP contribution in [0.15, 0.2) is 6.20 Å². The van der Waals surface area contributed by atoms with E-state index in [0.717, 1.165) is 36.1 Å².